The van der Waals surface area contributed by atoms with Crippen LogP contribution in [0.15, 0.2) is 47.1 Å². The standard InChI is InChI=1S/C27H33N3O5/c1-27(2,3)35-26(33)29-13-12-28-25(32)19-8-6-14-30(16-19)23(31)15-20-17-34-22-11-10-18-7-4-5-9-21(18)24(20)22/h4-5,7,9-11,17,19H,6,8,12-16H2,1-3H3,(H,28,32)(H,29,33). The van der Waals surface area contributed by atoms with Crippen LogP contribution in [0.25, 0.3) is 21.7 Å². The average molecular weight is 480 g/mol. The third-order valence-electron chi connectivity index (χ3n) is 6.12. The van der Waals surface area contributed by atoms with Gasteiger partial charge in [-0.15, -0.1) is 0 Å². The Morgan fingerprint density at radius 2 is 1.86 bits per heavy atom. The number of rotatable bonds is 6. The molecule has 1 aromatic heterocycles. The molecule has 2 N–H and O–H groups in total. The van der Waals surface area contributed by atoms with E-state index in [2.05, 4.69) is 10.6 Å². The maximum Gasteiger partial charge on any atom is 0.407 e. The number of alkyl carbamates (subject to hydrolysis) is 1. The number of ether oxygens (including phenoxy) is 1. The third-order valence-corrected chi connectivity index (χ3v) is 6.12. The van der Waals surface area contributed by atoms with Crippen LogP contribution in [-0.4, -0.2) is 54.6 Å². The predicted octanol–water partition coefficient (Wildman–Crippen LogP) is 4.01. The number of carbonyl (C=O) groups excluding carboxylic acids is 3. The number of fused-ring (bicyclic) bond motifs is 3. The average Bonchev–Trinajstić information content (AvgIpc) is 3.24. The van der Waals surface area contributed by atoms with Crippen molar-refractivity contribution < 1.29 is 23.5 Å². The molecule has 0 radical (unpaired) electrons. The first kappa shape index (κ1) is 24.6. The highest BCUT2D eigenvalue weighted by molar-refractivity contribution is 6.08. The first-order valence-electron chi connectivity index (χ1n) is 12.1. The van der Waals surface area contributed by atoms with E-state index in [0.717, 1.165) is 40.1 Å². The number of amides is 3. The number of carbonyl (C=O) groups is 3. The largest absolute Gasteiger partial charge is 0.464 e. The fraction of sp³-hybridized carbons (Fsp3) is 0.444. The highest BCUT2D eigenvalue weighted by Gasteiger charge is 2.29. The Labute approximate surface area is 205 Å². The zero-order valence-electron chi connectivity index (χ0n) is 20.6. The van der Waals surface area contributed by atoms with Crippen molar-refractivity contribution in [2.24, 2.45) is 5.92 Å². The number of nitrogens with one attached hydrogen (secondary N) is 2. The summed E-state index contributed by atoms with van der Waals surface area (Å²) in [5.74, 6) is -0.380. The van der Waals surface area contributed by atoms with E-state index in [4.69, 9.17) is 9.15 Å². The van der Waals surface area contributed by atoms with Gasteiger partial charge in [-0.3, -0.25) is 9.59 Å². The van der Waals surface area contributed by atoms with Crippen molar-refractivity contribution in [3.8, 4) is 0 Å². The Balaban J connectivity index is 1.31. The quantitative estimate of drug-likeness (QED) is 0.521. The van der Waals surface area contributed by atoms with Crippen LogP contribution in [0.5, 0.6) is 0 Å². The summed E-state index contributed by atoms with van der Waals surface area (Å²) in [5.41, 5.74) is 1.06. The minimum absolute atomic E-state index is 0.00951. The van der Waals surface area contributed by atoms with Gasteiger partial charge in [-0.2, -0.15) is 0 Å². The Kier molecular flexibility index (Phi) is 7.28. The minimum atomic E-state index is -0.568. The monoisotopic (exact) mass is 479 g/mol. The van der Waals surface area contributed by atoms with Crippen molar-refractivity contribution in [3.63, 3.8) is 0 Å². The minimum Gasteiger partial charge on any atom is -0.464 e. The Bertz CT molecular complexity index is 1230. The second-order valence-electron chi connectivity index (χ2n) is 10.00. The molecular weight excluding hydrogens is 446 g/mol. The van der Waals surface area contributed by atoms with Crippen molar-refractivity contribution >= 4 is 39.6 Å². The van der Waals surface area contributed by atoms with E-state index in [-0.39, 0.29) is 30.7 Å². The van der Waals surface area contributed by atoms with E-state index in [1.54, 1.807) is 31.9 Å². The van der Waals surface area contributed by atoms with E-state index >= 15 is 0 Å². The molecule has 0 spiro atoms. The lowest BCUT2D eigenvalue weighted by Crippen LogP contribution is -2.47. The van der Waals surface area contributed by atoms with Gasteiger partial charge in [0.1, 0.15) is 11.2 Å². The molecule has 8 heteroatoms. The molecule has 2 aromatic carbocycles. The molecule has 35 heavy (non-hydrogen) atoms. The van der Waals surface area contributed by atoms with Crippen molar-refractivity contribution in [1.29, 1.82) is 0 Å². The molecule has 2 heterocycles. The first-order chi connectivity index (χ1) is 16.7. The van der Waals surface area contributed by atoms with E-state index in [9.17, 15) is 14.4 Å². The molecule has 0 bridgehead atoms. The van der Waals surface area contributed by atoms with Crippen LogP contribution in [0.1, 0.15) is 39.2 Å². The molecule has 1 atom stereocenters. The van der Waals surface area contributed by atoms with Crippen molar-refractivity contribution in [1.82, 2.24) is 15.5 Å². The van der Waals surface area contributed by atoms with Crippen molar-refractivity contribution in [3.05, 3.63) is 48.2 Å². The number of piperidine rings is 1. The molecule has 1 aliphatic heterocycles. The Morgan fingerprint density at radius 3 is 2.66 bits per heavy atom. The third kappa shape index (κ3) is 6.12. The summed E-state index contributed by atoms with van der Waals surface area (Å²) >= 11 is 0. The number of hydrogen-bond donors (Lipinski definition) is 2. The van der Waals surface area contributed by atoms with Gasteiger partial charge >= 0.3 is 6.09 Å². The normalized spacial score (nSPS) is 16.3. The molecule has 8 nitrogen and oxygen atoms in total. The zero-order chi connectivity index (χ0) is 25.0. The molecule has 4 rings (SSSR count). The van der Waals surface area contributed by atoms with E-state index in [1.165, 1.54) is 0 Å². The first-order valence-corrected chi connectivity index (χ1v) is 12.1. The number of likely N-dealkylation sites (tertiary alicyclic amines) is 1. The second-order valence-corrected chi connectivity index (χ2v) is 10.00. The van der Waals surface area contributed by atoms with E-state index in [0.29, 0.717) is 19.6 Å². The fourth-order valence-corrected chi connectivity index (χ4v) is 4.51. The van der Waals surface area contributed by atoms with Gasteiger partial charge in [-0.25, -0.2) is 4.79 Å². The predicted molar refractivity (Wildman–Crippen MR) is 134 cm³/mol. The van der Waals surface area contributed by atoms with Gasteiger partial charge in [-0.1, -0.05) is 30.3 Å². The topological polar surface area (TPSA) is 101 Å². The smallest absolute Gasteiger partial charge is 0.407 e. The molecule has 186 valence electrons. The van der Waals surface area contributed by atoms with Gasteiger partial charge in [0.25, 0.3) is 0 Å². The number of nitrogens with zero attached hydrogens (tertiary/aromatic N) is 1. The summed E-state index contributed by atoms with van der Waals surface area (Å²) < 4.78 is 10.9. The summed E-state index contributed by atoms with van der Waals surface area (Å²) in [5, 5.41) is 8.63. The van der Waals surface area contributed by atoms with Gasteiger partial charge in [0.15, 0.2) is 0 Å². The van der Waals surface area contributed by atoms with Gasteiger partial charge in [-0.05, 0) is 50.5 Å². The zero-order valence-corrected chi connectivity index (χ0v) is 20.6. The Hall–Kier alpha value is -3.55. The van der Waals surface area contributed by atoms with Crippen LogP contribution in [0.4, 0.5) is 4.79 Å². The lowest BCUT2D eigenvalue weighted by molar-refractivity contribution is -0.135. The highest BCUT2D eigenvalue weighted by Crippen LogP contribution is 2.30. The van der Waals surface area contributed by atoms with Crippen LogP contribution in [-0.2, 0) is 20.7 Å². The summed E-state index contributed by atoms with van der Waals surface area (Å²) in [7, 11) is 0. The second kappa shape index (κ2) is 10.4. The SMILES string of the molecule is CC(C)(C)OC(=O)NCCNC(=O)C1CCCN(C(=O)Cc2coc3ccc4ccccc4c23)C1. The Morgan fingerprint density at radius 1 is 1.09 bits per heavy atom. The molecule has 1 aliphatic rings. The lowest BCUT2D eigenvalue weighted by atomic mass is 9.96. The summed E-state index contributed by atoms with van der Waals surface area (Å²) in [4.78, 5) is 39.3. The van der Waals surface area contributed by atoms with Gasteiger partial charge in [0, 0.05) is 37.1 Å². The summed E-state index contributed by atoms with van der Waals surface area (Å²) in [6, 6.07) is 12.0. The van der Waals surface area contributed by atoms with Crippen LogP contribution in [0, 0.1) is 5.92 Å². The number of benzene rings is 2. The van der Waals surface area contributed by atoms with Crippen LogP contribution < -0.4 is 10.6 Å². The van der Waals surface area contributed by atoms with Crippen LogP contribution >= 0.6 is 0 Å². The molecule has 1 unspecified atom stereocenters. The molecule has 3 amide bonds. The van der Waals surface area contributed by atoms with Crippen molar-refractivity contribution in [2.45, 2.75) is 45.6 Å². The number of furan rings is 1. The maximum atomic E-state index is 13.2. The number of hydrogen-bond acceptors (Lipinski definition) is 5. The molecule has 1 fully saturated rings. The van der Waals surface area contributed by atoms with Crippen LogP contribution in [0.2, 0.25) is 0 Å². The van der Waals surface area contributed by atoms with Gasteiger partial charge < -0.3 is 24.7 Å². The maximum absolute atomic E-state index is 13.2. The molecular formula is C27H33N3O5. The molecule has 0 saturated carbocycles. The van der Waals surface area contributed by atoms with Gasteiger partial charge in [0.05, 0.1) is 18.6 Å². The highest BCUT2D eigenvalue weighted by atomic mass is 16.6. The lowest BCUT2D eigenvalue weighted by Gasteiger charge is -2.32. The van der Waals surface area contributed by atoms with Gasteiger partial charge in [0.2, 0.25) is 11.8 Å². The van der Waals surface area contributed by atoms with E-state index in [1.807, 2.05) is 36.4 Å². The molecule has 3 aromatic rings. The summed E-state index contributed by atoms with van der Waals surface area (Å²) in [6.07, 6.45) is 2.89. The fourth-order valence-electron chi connectivity index (χ4n) is 4.51. The van der Waals surface area contributed by atoms with Crippen molar-refractivity contribution in [2.75, 3.05) is 26.2 Å². The molecule has 1 saturated heterocycles. The molecule has 0 aliphatic carbocycles. The van der Waals surface area contributed by atoms with Crippen LogP contribution in [0.3, 0.4) is 0 Å². The van der Waals surface area contributed by atoms with E-state index < -0.39 is 11.7 Å². The summed E-state index contributed by atoms with van der Waals surface area (Å²) in [6.45, 7) is 6.99.